The minimum absolute atomic E-state index is 0.175. The molecule has 1 amide bonds. The first-order valence-corrected chi connectivity index (χ1v) is 6.30. The van der Waals surface area contributed by atoms with Crippen LogP contribution in [0.15, 0.2) is 18.2 Å². The SMILES string of the molecule is COCCN(CCOC)C(=O)c1cccc(N)c1Cl. The van der Waals surface area contributed by atoms with Crippen LogP contribution in [-0.4, -0.2) is 51.3 Å². The number of methoxy groups -OCH3 is 2. The summed E-state index contributed by atoms with van der Waals surface area (Å²) in [4.78, 5) is 14.0. The van der Waals surface area contributed by atoms with Crippen molar-refractivity contribution in [3.05, 3.63) is 28.8 Å². The minimum atomic E-state index is -0.175. The average molecular weight is 287 g/mol. The van der Waals surface area contributed by atoms with Crippen LogP contribution in [0.1, 0.15) is 10.4 Å². The predicted octanol–water partition coefficient (Wildman–Crippen LogP) is 1.66. The molecule has 0 fully saturated rings. The van der Waals surface area contributed by atoms with Crippen LogP contribution in [0.4, 0.5) is 5.69 Å². The summed E-state index contributed by atoms with van der Waals surface area (Å²) in [5, 5.41) is 0.285. The Morgan fingerprint density at radius 1 is 1.26 bits per heavy atom. The van der Waals surface area contributed by atoms with E-state index in [-0.39, 0.29) is 10.9 Å². The van der Waals surface area contributed by atoms with Crippen molar-refractivity contribution in [3.63, 3.8) is 0 Å². The Labute approximate surface area is 118 Å². The molecule has 0 atom stereocenters. The quantitative estimate of drug-likeness (QED) is 0.774. The fourth-order valence-electron chi connectivity index (χ4n) is 1.60. The Bertz CT molecular complexity index is 418. The molecule has 1 aromatic carbocycles. The number of carbonyl (C=O) groups is 1. The summed E-state index contributed by atoms with van der Waals surface area (Å²) in [5.41, 5.74) is 6.50. The highest BCUT2D eigenvalue weighted by Crippen LogP contribution is 2.24. The number of hydrogen-bond acceptors (Lipinski definition) is 4. The van der Waals surface area contributed by atoms with Crippen LogP contribution >= 0.6 is 11.6 Å². The van der Waals surface area contributed by atoms with Crippen LogP contribution in [0.3, 0.4) is 0 Å². The summed E-state index contributed by atoms with van der Waals surface area (Å²) in [7, 11) is 3.18. The monoisotopic (exact) mass is 286 g/mol. The molecule has 0 aliphatic rings. The highest BCUT2D eigenvalue weighted by Gasteiger charge is 2.18. The van der Waals surface area contributed by atoms with E-state index in [4.69, 9.17) is 26.8 Å². The third-order valence-corrected chi connectivity index (χ3v) is 3.10. The average Bonchev–Trinajstić information content (AvgIpc) is 2.41. The first-order chi connectivity index (χ1) is 9.11. The maximum absolute atomic E-state index is 12.4. The van der Waals surface area contributed by atoms with Crippen molar-refractivity contribution < 1.29 is 14.3 Å². The van der Waals surface area contributed by atoms with Crippen molar-refractivity contribution in [2.75, 3.05) is 46.3 Å². The van der Waals surface area contributed by atoms with Crippen molar-refractivity contribution in [2.24, 2.45) is 0 Å². The zero-order valence-corrected chi connectivity index (χ0v) is 11.9. The first kappa shape index (κ1) is 15.8. The summed E-state index contributed by atoms with van der Waals surface area (Å²) in [6, 6.07) is 5.03. The number of rotatable bonds is 7. The van der Waals surface area contributed by atoms with Gasteiger partial charge in [0.25, 0.3) is 5.91 Å². The van der Waals surface area contributed by atoms with Gasteiger partial charge in [-0.3, -0.25) is 4.79 Å². The van der Waals surface area contributed by atoms with Gasteiger partial charge in [-0.05, 0) is 12.1 Å². The number of benzene rings is 1. The number of amides is 1. The van der Waals surface area contributed by atoms with Gasteiger partial charge in [0.05, 0.1) is 29.5 Å². The molecule has 1 rings (SSSR count). The van der Waals surface area contributed by atoms with Crippen molar-refractivity contribution in [2.45, 2.75) is 0 Å². The van der Waals surface area contributed by atoms with Gasteiger partial charge in [0, 0.05) is 27.3 Å². The predicted molar refractivity (Wildman–Crippen MR) is 75.5 cm³/mol. The Kier molecular flexibility index (Phi) is 6.62. The topological polar surface area (TPSA) is 64.8 Å². The van der Waals surface area contributed by atoms with E-state index in [1.165, 1.54) is 0 Å². The molecule has 5 nitrogen and oxygen atoms in total. The lowest BCUT2D eigenvalue weighted by Gasteiger charge is -2.22. The molecule has 0 aliphatic heterocycles. The van der Waals surface area contributed by atoms with E-state index in [1.54, 1.807) is 37.3 Å². The number of nitrogens with two attached hydrogens (primary N) is 1. The van der Waals surface area contributed by atoms with E-state index in [9.17, 15) is 4.79 Å². The zero-order valence-electron chi connectivity index (χ0n) is 11.2. The van der Waals surface area contributed by atoms with E-state index < -0.39 is 0 Å². The van der Waals surface area contributed by atoms with Gasteiger partial charge in [-0.15, -0.1) is 0 Å². The van der Waals surface area contributed by atoms with Gasteiger partial charge in [-0.1, -0.05) is 17.7 Å². The maximum Gasteiger partial charge on any atom is 0.255 e. The third kappa shape index (κ3) is 4.38. The van der Waals surface area contributed by atoms with Gasteiger partial charge < -0.3 is 20.1 Å². The molecular formula is C13H19ClN2O3. The molecule has 0 heterocycles. The number of nitrogens with zero attached hydrogens (tertiary/aromatic N) is 1. The van der Waals surface area contributed by atoms with Crippen molar-refractivity contribution in [3.8, 4) is 0 Å². The fourth-order valence-corrected chi connectivity index (χ4v) is 1.81. The standard InChI is InChI=1S/C13H19ClN2O3/c1-18-8-6-16(7-9-19-2)13(17)10-4-3-5-11(15)12(10)14/h3-5H,6-9,15H2,1-2H3. The number of carbonyl (C=O) groups excluding carboxylic acids is 1. The molecule has 0 spiro atoms. The summed E-state index contributed by atoms with van der Waals surface area (Å²) in [6.45, 7) is 1.86. The normalized spacial score (nSPS) is 10.5. The minimum Gasteiger partial charge on any atom is -0.398 e. The van der Waals surface area contributed by atoms with Crippen LogP contribution in [0, 0.1) is 0 Å². The lowest BCUT2D eigenvalue weighted by Crippen LogP contribution is -2.36. The van der Waals surface area contributed by atoms with E-state index >= 15 is 0 Å². The molecule has 0 radical (unpaired) electrons. The summed E-state index contributed by atoms with van der Waals surface area (Å²) < 4.78 is 10.00. The number of hydrogen-bond donors (Lipinski definition) is 1. The number of anilines is 1. The summed E-state index contributed by atoms with van der Waals surface area (Å²) in [6.07, 6.45) is 0. The molecule has 0 aromatic heterocycles. The Morgan fingerprint density at radius 2 is 1.84 bits per heavy atom. The van der Waals surface area contributed by atoms with E-state index in [2.05, 4.69) is 0 Å². The summed E-state index contributed by atoms with van der Waals surface area (Å²) >= 11 is 6.07. The lowest BCUT2D eigenvalue weighted by atomic mass is 10.1. The molecule has 0 saturated carbocycles. The van der Waals surface area contributed by atoms with Crippen molar-refractivity contribution >= 4 is 23.2 Å². The zero-order chi connectivity index (χ0) is 14.3. The molecule has 6 heteroatoms. The number of nitrogen functional groups attached to an aromatic ring is 1. The lowest BCUT2D eigenvalue weighted by molar-refractivity contribution is 0.0627. The molecule has 0 aliphatic carbocycles. The van der Waals surface area contributed by atoms with Gasteiger partial charge in [-0.2, -0.15) is 0 Å². The third-order valence-electron chi connectivity index (χ3n) is 2.68. The van der Waals surface area contributed by atoms with E-state index in [0.29, 0.717) is 37.6 Å². The smallest absolute Gasteiger partial charge is 0.255 e. The second-order valence-corrected chi connectivity index (χ2v) is 4.36. The number of ether oxygens (including phenoxy) is 2. The van der Waals surface area contributed by atoms with Crippen molar-refractivity contribution in [1.29, 1.82) is 0 Å². The Hall–Kier alpha value is -1.30. The van der Waals surface area contributed by atoms with Crippen LogP contribution < -0.4 is 5.73 Å². The van der Waals surface area contributed by atoms with Crippen LogP contribution in [0.5, 0.6) is 0 Å². The van der Waals surface area contributed by atoms with Gasteiger partial charge >= 0.3 is 0 Å². The fraction of sp³-hybridized carbons (Fsp3) is 0.462. The largest absolute Gasteiger partial charge is 0.398 e. The second kappa shape index (κ2) is 7.99. The molecule has 19 heavy (non-hydrogen) atoms. The maximum atomic E-state index is 12.4. The molecule has 1 aromatic rings. The second-order valence-electron chi connectivity index (χ2n) is 3.99. The molecular weight excluding hydrogens is 268 g/mol. The molecule has 0 unspecified atom stereocenters. The first-order valence-electron chi connectivity index (χ1n) is 5.93. The Morgan fingerprint density at radius 3 is 2.37 bits per heavy atom. The molecule has 2 N–H and O–H groups in total. The molecule has 106 valence electrons. The highest BCUT2D eigenvalue weighted by atomic mass is 35.5. The molecule has 0 saturated heterocycles. The van der Waals surface area contributed by atoms with Crippen LogP contribution in [0.25, 0.3) is 0 Å². The van der Waals surface area contributed by atoms with E-state index in [0.717, 1.165) is 0 Å². The van der Waals surface area contributed by atoms with Gasteiger partial charge in [0.15, 0.2) is 0 Å². The van der Waals surface area contributed by atoms with Gasteiger partial charge in [0.2, 0.25) is 0 Å². The van der Waals surface area contributed by atoms with Crippen LogP contribution in [-0.2, 0) is 9.47 Å². The van der Waals surface area contributed by atoms with Crippen LogP contribution in [0.2, 0.25) is 5.02 Å². The summed E-state index contributed by atoms with van der Waals surface area (Å²) in [5.74, 6) is -0.175. The number of halogens is 1. The molecule has 0 bridgehead atoms. The Balaban J connectivity index is 2.87. The van der Waals surface area contributed by atoms with E-state index in [1.807, 2.05) is 0 Å². The van der Waals surface area contributed by atoms with Gasteiger partial charge in [0.1, 0.15) is 0 Å². The highest BCUT2D eigenvalue weighted by molar-refractivity contribution is 6.36. The van der Waals surface area contributed by atoms with Crippen molar-refractivity contribution in [1.82, 2.24) is 4.90 Å². The van der Waals surface area contributed by atoms with Gasteiger partial charge in [-0.25, -0.2) is 0 Å².